The topological polar surface area (TPSA) is 9.23 Å². The maximum atomic E-state index is 5.70. The Hall–Kier alpha value is -0.300. The zero-order chi connectivity index (χ0) is 15.2. The second-order valence-electron chi connectivity index (χ2n) is 7.96. The monoisotopic (exact) mass is 280 g/mol. The van der Waals surface area contributed by atoms with Crippen LogP contribution in [-0.2, 0) is 4.74 Å². The van der Waals surface area contributed by atoms with Gasteiger partial charge in [0, 0.05) is 6.61 Å². The quantitative estimate of drug-likeness (QED) is 0.461. The Morgan fingerprint density at radius 1 is 1.15 bits per heavy atom. The molecule has 1 saturated heterocycles. The molecule has 0 aromatic rings. The van der Waals surface area contributed by atoms with Gasteiger partial charge in [0.1, 0.15) is 0 Å². The standard InChI is InChI=1S/C19H36O/c1-7-12-18(3,4)19(5,6)13-8-10-16(2)15-17-11-9-14-20-17/h17H,2,7-15H2,1,3-6H3. The van der Waals surface area contributed by atoms with Crippen molar-refractivity contribution in [2.75, 3.05) is 6.61 Å². The number of ether oxygens (including phenoxy) is 1. The van der Waals surface area contributed by atoms with Crippen LogP contribution >= 0.6 is 0 Å². The maximum absolute atomic E-state index is 5.70. The summed E-state index contributed by atoms with van der Waals surface area (Å²) in [4.78, 5) is 0. The molecule has 20 heavy (non-hydrogen) atoms. The lowest BCUT2D eigenvalue weighted by atomic mass is 9.63. The molecule has 1 unspecified atom stereocenters. The molecule has 1 heterocycles. The molecule has 1 fully saturated rings. The number of hydrogen-bond acceptors (Lipinski definition) is 1. The fraction of sp³-hybridized carbons (Fsp3) is 0.895. The van der Waals surface area contributed by atoms with Gasteiger partial charge in [-0.15, -0.1) is 0 Å². The van der Waals surface area contributed by atoms with Crippen molar-refractivity contribution in [1.29, 1.82) is 0 Å². The second-order valence-corrected chi connectivity index (χ2v) is 7.96. The molecule has 0 aliphatic carbocycles. The molecule has 0 N–H and O–H groups in total. The van der Waals surface area contributed by atoms with Crippen LogP contribution in [0.1, 0.15) is 86.0 Å². The Kier molecular flexibility index (Phi) is 6.78. The van der Waals surface area contributed by atoms with Crippen molar-refractivity contribution in [3.8, 4) is 0 Å². The van der Waals surface area contributed by atoms with Gasteiger partial charge in [0.05, 0.1) is 6.10 Å². The van der Waals surface area contributed by atoms with Gasteiger partial charge in [-0.05, 0) is 55.8 Å². The maximum Gasteiger partial charge on any atom is 0.0612 e. The minimum atomic E-state index is 0.410. The summed E-state index contributed by atoms with van der Waals surface area (Å²) in [6.45, 7) is 17.2. The summed E-state index contributed by atoms with van der Waals surface area (Å²) in [5, 5.41) is 0. The van der Waals surface area contributed by atoms with E-state index in [1.165, 1.54) is 50.5 Å². The summed E-state index contributed by atoms with van der Waals surface area (Å²) in [6, 6.07) is 0. The van der Waals surface area contributed by atoms with E-state index in [9.17, 15) is 0 Å². The Morgan fingerprint density at radius 3 is 2.35 bits per heavy atom. The SMILES string of the molecule is C=C(CCCC(C)(C)C(C)(C)CCC)CC1CCCO1. The van der Waals surface area contributed by atoms with E-state index < -0.39 is 0 Å². The van der Waals surface area contributed by atoms with Crippen molar-refractivity contribution in [2.24, 2.45) is 10.8 Å². The first-order valence-electron chi connectivity index (χ1n) is 8.57. The lowest BCUT2D eigenvalue weighted by Gasteiger charge is -2.42. The van der Waals surface area contributed by atoms with Crippen LogP contribution in [0.5, 0.6) is 0 Å². The third-order valence-corrected chi connectivity index (χ3v) is 5.58. The minimum Gasteiger partial charge on any atom is -0.378 e. The highest BCUT2D eigenvalue weighted by Crippen LogP contribution is 2.45. The molecule has 1 heteroatoms. The summed E-state index contributed by atoms with van der Waals surface area (Å²) >= 11 is 0. The molecule has 0 spiro atoms. The lowest BCUT2D eigenvalue weighted by molar-refractivity contribution is 0.0840. The highest BCUT2D eigenvalue weighted by molar-refractivity contribution is 4.98. The van der Waals surface area contributed by atoms with E-state index in [1.54, 1.807) is 0 Å². The molecule has 0 aromatic heterocycles. The van der Waals surface area contributed by atoms with Gasteiger partial charge in [-0.3, -0.25) is 0 Å². The first-order chi connectivity index (χ1) is 9.28. The third kappa shape index (κ3) is 5.24. The second kappa shape index (κ2) is 7.64. The van der Waals surface area contributed by atoms with Crippen LogP contribution < -0.4 is 0 Å². The molecule has 1 rings (SSSR count). The molecule has 1 aliphatic heterocycles. The van der Waals surface area contributed by atoms with Gasteiger partial charge >= 0.3 is 0 Å². The van der Waals surface area contributed by atoms with Crippen molar-refractivity contribution >= 4 is 0 Å². The van der Waals surface area contributed by atoms with Crippen LogP contribution in [-0.4, -0.2) is 12.7 Å². The minimum absolute atomic E-state index is 0.410. The molecule has 1 atom stereocenters. The van der Waals surface area contributed by atoms with E-state index in [0.29, 0.717) is 16.9 Å². The Labute approximate surface area is 127 Å². The van der Waals surface area contributed by atoms with Gasteiger partial charge in [-0.25, -0.2) is 0 Å². The van der Waals surface area contributed by atoms with Gasteiger partial charge in [0.15, 0.2) is 0 Å². The Balaban J connectivity index is 2.29. The number of hydrogen-bond donors (Lipinski definition) is 0. The van der Waals surface area contributed by atoms with Crippen molar-refractivity contribution in [3.63, 3.8) is 0 Å². The molecular formula is C19H36O. The molecule has 1 aliphatic rings. The summed E-state index contributed by atoms with van der Waals surface area (Å²) in [5.74, 6) is 0. The van der Waals surface area contributed by atoms with E-state index in [2.05, 4.69) is 41.2 Å². The van der Waals surface area contributed by atoms with Crippen LogP contribution in [0, 0.1) is 10.8 Å². The fourth-order valence-corrected chi connectivity index (χ4v) is 3.31. The van der Waals surface area contributed by atoms with Crippen LogP contribution in [0.4, 0.5) is 0 Å². The van der Waals surface area contributed by atoms with Crippen molar-refractivity contribution < 1.29 is 4.74 Å². The molecule has 0 amide bonds. The van der Waals surface area contributed by atoms with Gasteiger partial charge < -0.3 is 4.74 Å². The van der Waals surface area contributed by atoms with Crippen LogP contribution in [0.25, 0.3) is 0 Å². The van der Waals surface area contributed by atoms with Crippen LogP contribution in [0.2, 0.25) is 0 Å². The highest BCUT2D eigenvalue weighted by atomic mass is 16.5. The Morgan fingerprint density at radius 2 is 1.80 bits per heavy atom. The normalized spacial score (nSPS) is 20.4. The molecule has 0 radical (unpaired) electrons. The molecule has 1 nitrogen and oxygen atoms in total. The van der Waals surface area contributed by atoms with Gasteiger partial charge in [0.25, 0.3) is 0 Å². The van der Waals surface area contributed by atoms with Gasteiger partial charge in [0.2, 0.25) is 0 Å². The molecule has 0 saturated carbocycles. The Bertz CT molecular complexity index is 295. The highest BCUT2D eigenvalue weighted by Gasteiger charge is 2.35. The zero-order valence-electron chi connectivity index (χ0n) is 14.6. The molecular weight excluding hydrogens is 244 g/mol. The predicted octanol–water partition coefficient (Wildman–Crippen LogP) is 6.13. The average Bonchev–Trinajstić information content (AvgIpc) is 2.81. The van der Waals surface area contributed by atoms with E-state index in [4.69, 9.17) is 4.74 Å². The summed E-state index contributed by atoms with van der Waals surface area (Å²) in [5.41, 5.74) is 2.23. The summed E-state index contributed by atoms with van der Waals surface area (Å²) in [7, 11) is 0. The largest absolute Gasteiger partial charge is 0.378 e. The van der Waals surface area contributed by atoms with E-state index >= 15 is 0 Å². The van der Waals surface area contributed by atoms with Crippen molar-refractivity contribution in [3.05, 3.63) is 12.2 Å². The van der Waals surface area contributed by atoms with Crippen LogP contribution in [0.3, 0.4) is 0 Å². The van der Waals surface area contributed by atoms with Crippen LogP contribution in [0.15, 0.2) is 12.2 Å². The van der Waals surface area contributed by atoms with E-state index in [0.717, 1.165) is 13.0 Å². The van der Waals surface area contributed by atoms with Crippen molar-refractivity contribution in [2.45, 2.75) is 92.1 Å². The third-order valence-electron chi connectivity index (χ3n) is 5.58. The van der Waals surface area contributed by atoms with E-state index in [1.807, 2.05) is 0 Å². The number of rotatable bonds is 9. The average molecular weight is 280 g/mol. The molecule has 0 aromatic carbocycles. The first kappa shape index (κ1) is 17.8. The first-order valence-corrected chi connectivity index (χ1v) is 8.57. The fourth-order valence-electron chi connectivity index (χ4n) is 3.31. The van der Waals surface area contributed by atoms with Crippen molar-refractivity contribution in [1.82, 2.24) is 0 Å². The zero-order valence-corrected chi connectivity index (χ0v) is 14.6. The predicted molar refractivity (Wildman–Crippen MR) is 89.1 cm³/mol. The smallest absolute Gasteiger partial charge is 0.0612 e. The molecule has 0 bridgehead atoms. The van der Waals surface area contributed by atoms with Gasteiger partial charge in [-0.1, -0.05) is 53.2 Å². The lowest BCUT2D eigenvalue weighted by Crippen LogP contribution is -2.32. The molecule has 118 valence electrons. The van der Waals surface area contributed by atoms with Gasteiger partial charge in [-0.2, -0.15) is 0 Å². The summed E-state index contributed by atoms with van der Waals surface area (Å²) < 4.78 is 5.70. The van der Waals surface area contributed by atoms with E-state index in [-0.39, 0.29) is 0 Å². The summed E-state index contributed by atoms with van der Waals surface area (Å²) in [6.07, 6.45) is 10.3.